The van der Waals surface area contributed by atoms with Crippen molar-refractivity contribution in [3.63, 3.8) is 0 Å². The fraction of sp³-hybridized carbons (Fsp3) is 0.276. The van der Waals surface area contributed by atoms with E-state index in [4.69, 9.17) is 30.5 Å². The molecule has 1 aliphatic rings. The molecule has 0 amide bonds. The Bertz CT molecular complexity index is 1230. The molecule has 0 saturated carbocycles. The average Bonchev–Trinajstić information content (AvgIpc) is 3.58. The third kappa shape index (κ3) is 6.08. The van der Waals surface area contributed by atoms with Gasteiger partial charge >= 0.3 is 0 Å². The fourth-order valence-corrected chi connectivity index (χ4v) is 4.48. The van der Waals surface area contributed by atoms with Crippen LogP contribution in [0.1, 0.15) is 12.0 Å². The van der Waals surface area contributed by atoms with E-state index in [-0.39, 0.29) is 6.10 Å². The summed E-state index contributed by atoms with van der Waals surface area (Å²) in [6.07, 6.45) is 6.84. The number of methoxy groups -OCH3 is 1. The maximum Gasteiger partial charge on any atom is 0.187 e. The Morgan fingerprint density at radius 2 is 1.67 bits per heavy atom. The smallest absolute Gasteiger partial charge is 0.187 e. The molecule has 0 N–H and O–H groups in total. The van der Waals surface area contributed by atoms with E-state index >= 15 is 0 Å². The van der Waals surface area contributed by atoms with E-state index in [1.54, 1.807) is 19.6 Å². The van der Waals surface area contributed by atoms with Gasteiger partial charge in [0.1, 0.15) is 24.2 Å². The molecule has 2 heterocycles. The van der Waals surface area contributed by atoms with Gasteiger partial charge in [0.2, 0.25) is 0 Å². The van der Waals surface area contributed by atoms with Gasteiger partial charge in [-0.25, -0.2) is 4.98 Å². The number of rotatable bonds is 10. The van der Waals surface area contributed by atoms with Crippen LogP contribution in [-0.4, -0.2) is 41.8 Å². The van der Waals surface area contributed by atoms with Crippen molar-refractivity contribution >= 4 is 11.6 Å². The first kappa shape index (κ1) is 24.4. The van der Waals surface area contributed by atoms with Crippen molar-refractivity contribution < 1.29 is 18.9 Å². The SMILES string of the molecule is COc1ccc(CCC2(Cn3ccnc3)OCC(COc3ccc(-c4ccc(Cl)cc4)cc3)O2)cc1. The zero-order valence-electron chi connectivity index (χ0n) is 20.2. The van der Waals surface area contributed by atoms with E-state index in [9.17, 15) is 0 Å². The van der Waals surface area contributed by atoms with E-state index < -0.39 is 5.79 Å². The van der Waals surface area contributed by atoms with Crippen LogP contribution in [0.4, 0.5) is 0 Å². The van der Waals surface area contributed by atoms with Gasteiger partial charge in [-0.15, -0.1) is 0 Å². The van der Waals surface area contributed by atoms with Gasteiger partial charge in [0, 0.05) is 23.8 Å². The predicted molar refractivity (Wildman–Crippen MR) is 139 cm³/mol. The Labute approximate surface area is 216 Å². The first-order valence-corrected chi connectivity index (χ1v) is 12.4. The number of benzene rings is 3. The quantitative estimate of drug-likeness (QED) is 0.264. The Hall–Kier alpha value is -3.32. The summed E-state index contributed by atoms with van der Waals surface area (Å²) in [5, 5.41) is 0.727. The van der Waals surface area contributed by atoms with Crippen LogP contribution in [-0.2, 0) is 22.4 Å². The van der Waals surface area contributed by atoms with E-state index in [2.05, 4.69) is 17.1 Å². The van der Waals surface area contributed by atoms with Gasteiger partial charge in [-0.2, -0.15) is 0 Å². The molecule has 4 aromatic rings. The summed E-state index contributed by atoms with van der Waals surface area (Å²) in [6, 6.07) is 23.9. The van der Waals surface area contributed by atoms with Gasteiger partial charge in [-0.3, -0.25) is 0 Å². The zero-order valence-corrected chi connectivity index (χ0v) is 20.9. The number of hydrogen-bond donors (Lipinski definition) is 0. The molecule has 7 heteroatoms. The molecule has 1 saturated heterocycles. The number of aryl methyl sites for hydroxylation is 1. The summed E-state index contributed by atoms with van der Waals surface area (Å²) in [7, 11) is 1.67. The lowest BCUT2D eigenvalue weighted by Gasteiger charge is -2.28. The van der Waals surface area contributed by atoms with Crippen molar-refractivity contribution in [2.45, 2.75) is 31.3 Å². The van der Waals surface area contributed by atoms with Gasteiger partial charge in [0.05, 0.1) is 26.6 Å². The van der Waals surface area contributed by atoms with Gasteiger partial charge in [-0.1, -0.05) is 48.0 Å². The van der Waals surface area contributed by atoms with Crippen molar-refractivity contribution in [1.82, 2.24) is 9.55 Å². The van der Waals surface area contributed by atoms with Crippen LogP contribution >= 0.6 is 11.6 Å². The average molecular weight is 505 g/mol. The third-order valence-corrected chi connectivity index (χ3v) is 6.57. The Morgan fingerprint density at radius 3 is 2.33 bits per heavy atom. The molecule has 0 spiro atoms. The predicted octanol–water partition coefficient (Wildman–Crippen LogP) is 6.04. The van der Waals surface area contributed by atoms with Crippen molar-refractivity contribution in [1.29, 1.82) is 0 Å². The molecule has 5 rings (SSSR count). The molecule has 0 aliphatic carbocycles. The minimum atomic E-state index is -0.743. The lowest BCUT2D eigenvalue weighted by atomic mass is 10.0. The second-order valence-corrected chi connectivity index (χ2v) is 9.32. The lowest BCUT2D eigenvalue weighted by molar-refractivity contribution is -0.184. The van der Waals surface area contributed by atoms with Crippen LogP contribution in [0.25, 0.3) is 11.1 Å². The molecule has 186 valence electrons. The lowest BCUT2D eigenvalue weighted by Crippen LogP contribution is -2.37. The molecule has 1 aliphatic heterocycles. The fourth-order valence-electron chi connectivity index (χ4n) is 4.35. The van der Waals surface area contributed by atoms with E-state index in [0.717, 1.165) is 34.1 Å². The molecule has 1 fully saturated rings. The van der Waals surface area contributed by atoms with Gasteiger partial charge in [0.15, 0.2) is 5.79 Å². The molecule has 0 bridgehead atoms. The molecular formula is C29H29ClN2O4. The zero-order chi connectivity index (χ0) is 24.8. The minimum Gasteiger partial charge on any atom is -0.497 e. The van der Waals surface area contributed by atoms with Crippen molar-refractivity contribution in [3.05, 3.63) is 102 Å². The van der Waals surface area contributed by atoms with Crippen LogP contribution in [0.3, 0.4) is 0 Å². The van der Waals surface area contributed by atoms with Crippen molar-refractivity contribution in [2.24, 2.45) is 0 Å². The topological polar surface area (TPSA) is 54.7 Å². The molecule has 3 aromatic carbocycles. The third-order valence-electron chi connectivity index (χ3n) is 6.32. The highest BCUT2D eigenvalue weighted by Crippen LogP contribution is 2.32. The Morgan fingerprint density at radius 1 is 0.972 bits per heavy atom. The first-order chi connectivity index (χ1) is 17.6. The van der Waals surface area contributed by atoms with Crippen LogP contribution in [0, 0.1) is 0 Å². The summed E-state index contributed by atoms with van der Waals surface area (Å²) in [5.41, 5.74) is 3.42. The summed E-state index contributed by atoms with van der Waals surface area (Å²) >= 11 is 6.00. The maximum absolute atomic E-state index is 6.48. The Kier molecular flexibility index (Phi) is 7.56. The van der Waals surface area contributed by atoms with E-state index in [1.165, 1.54) is 5.56 Å². The van der Waals surface area contributed by atoms with Gasteiger partial charge in [-0.05, 0) is 59.5 Å². The number of halogens is 1. The molecule has 2 unspecified atom stereocenters. The highest BCUT2D eigenvalue weighted by molar-refractivity contribution is 6.30. The summed E-state index contributed by atoms with van der Waals surface area (Å²) < 4.78 is 26.1. The second kappa shape index (κ2) is 11.2. The summed E-state index contributed by atoms with van der Waals surface area (Å²) in [5.74, 6) is 0.896. The second-order valence-electron chi connectivity index (χ2n) is 8.89. The molecular weight excluding hydrogens is 476 g/mol. The largest absolute Gasteiger partial charge is 0.497 e. The Balaban J connectivity index is 1.20. The summed E-state index contributed by atoms with van der Waals surface area (Å²) in [6.45, 7) is 1.45. The van der Waals surface area contributed by atoms with Crippen molar-refractivity contribution in [3.8, 4) is 22.6 Å². The summed E-state index contributed by atoms with van der Waals surface area (Å²) in [4.78, 5) is 4.17. The van der Waals surface area contributed by atoms with Gasteiger partial charge < -0.3 is 23.5 Å². The highest BCUT2D eigenvalue weighted by atomic mass is 35.5. The molecule has 0 radical (unpaired) electrons. The first-order valence-electron chi connectivity index (χ1n) is 12.0. The monoisotopic (exact) mass is 504 g/mol. The molecule has 6 nitrogen and oxygen atoms in total. The number of hydrogen-bond acceptors (Lipinski definition) is 5. The van der Waals surface area contributed by atoms with E-state index in [0.29, 0.717) is 26.2 Å². The maximum atomic E-state index is 6.48. The van der Waals surface area contributed by atoms with Gasteiger partial charge in [0.25, 0.3) is 0 Å². The number of aromatic nitrogens is 2. The van der Waals surface area contributed by atoms with Crippen LogP contribution < -0.4 is 9.47 Å². The molecule has 1 aromatic heterocycles. The highest BCUT2D eigenvalue weighted by Gasteiger charge is 2.42. The van der Waals surface area contributed by atoms with E-state index in [1.807, 2.05) is 71.4 Å². The molecule has 36 heavy (non-hydrogen) atoms. The number of imidazole rings is 1. The number of ether oxygens (including phenoxy) is 4. The van der Waals surface area contributed by atoms with Crippen LogP contribution in [0.2, 0.25) is 5.02 Å². The minimum absolute atomic E-state index is 0.166. The number of nitrogens with zero attached hydrogens (tertiary/aromatic N) is 2. The molecule has 2 atom stereocenters. The van der Waals surface area contributed by atoms with Crippen LogP contribution in [0.5, 0.6) is 11.5 Å². The standard InChI is InChI=1S/C29H29ClN2O4/c1-33-26-10-2-22(3-11-26)14-15-29(20-32-17-16-31-21-32)35-19-28(36-29)18-34-27-12-6-24(7-13-27)23-4-8-25(30)9-5-23/h2-13,16-17,21,28H,14-15,18-20H2,1H3. The van der Waals surface area contributed by atoms with Crippen molar-refractivity contribution in [2.75, 3.05) is 20.3 Å². The normalized spacial score (nSPS) is 19.3. The van der Waals surface area contributed by atoms with Crippen LogP contribution in [0.15, 0.2) is 91.5 Å².